The number of rotatable bonds is 3. The molecule has 0 bridgehead atoms. The Morgan fingerprint density at radius 2 is 2.31 bits per heavy atom. The average molecular weight is 197 g/mol. The molecule has 0 spiro atoms. The molecule has 70 valence electrons. The Hall–Kier alpha value is -0.960. The SMILES string of the molecule is C=CC(C)Sc1ccc(N)c(F)c1. The van der Waals surface area contributed by atoms with Gasteiger partial charge in [0.15, 0.2) is 0 Å². The van der Waals surface area contributed by atoms with E-state index in [0.717, 1.165) is 4.90 Å². The molecule has 0 aliphatic rings. The van der Waals surface area contributed by atoms with Crippen molar-refractivity contribution in [3.8, 4) is 0 Å². The molecule has 1 atom stereocenters. The first-order valence-electron chi connectivity index (χ1n) is 3.97. The maximum Gasteiger partial charge on any atom is 0.147 e. The van der Waals surface area contributed by atoms with Crippen LogP contribution in [0.2, 0.25) is 0 Å². The second kappa shape index (κ2) is 4.33. The summed E-state index contributed by atoms with van der Waals surface area (Å²) in [6.45, 7) is 5.66. The van der Waals surface area contributed by atoms with Crippen LogP contribution in [-0.2, 0) is 0 Å². The van der Waals surface area contributed by atoms with Crippen molar-refractivity contribution in [3.63, 3.8) is 0 Å². The molecule has 1 unspecified atom stereocenters. The zero-order valence-corrected chi connectivity index (χ0v) is 8.27. The molecule has 0 amide bonds. The van der Waals surface area contributed by atoms with E-state index in [1.807, 2.05) is 19.1 Å². The van der Waals surface area contributed by atoms with Gasteiger partial charge in [-0.2, -0.15) is 0 Å². The lowest BCUT2D eigenvalue weighted by atomic mass is 10.3. The van der Waals surface area contributed by atoms with E-state index in [2.05, 4.69) is 6.58 Å². The highest BCUT2D eigenvalue weighted by Gasteiger charge is 2.03. The van der Waals surface area contributed by atoms with Crippen molar-refractivity contribution in [3.05, 3.63) is 36.7 Å². The molecule has 0 heterocycles. The first-order chi connectivity index (χ1) is 6.13. The molecule has 13 heavy (non-hydrogen) atoms. The lowest BCUT2D eigenvalue weighted by Crippen LogP contribution is -1.92. The van der Waals surface area contributed by atoms with Gasteiger partial charge in [0.05, 0.1) is 5.69 Å². The molecule has 0 radical (unpaired) electrons. The van der Waals surface area contributed by atoms with E-state index in [-0.39, 0.29) is 16.8 Å². The summed E-state index contributed by atoms with van der Waals surface area (Å²) in [5, 5.41) is 0.281. The summed E-state index contributed by atoms with van der Waals surface area (Å²) in [5.41, 5.74) is 5.54. The van der Waals surface area contributed by atoms with Crippen molar-refractivity contribution in [1.82, 2.24) is 0 Å². The summed E-state index contributed by atoms with van der Waals surface area (Å²) >= 11 is 1.55. The molecular weight excluding hydrogens is 185 g/mol. The van der Waals surface area contributed by atoms with Gasteiger partial charge in [0, 0.05) is 10.1 Å². The molecule has 0 aliphatic heterocycles. The zero-order valence-electron chi connectivity index (χ0n) is 7.46. The summed E-state index contributed by atoms with van der Waals surface area (Å²) in [4.78, 5) is 0.874. The van der Waals surface area contributed by atoms with Crippen molar-refractivity contribution in [2.75, 3.05) is 5.73 Å². The number of halogens is 1. The Labute approximate surface area is 81.8 Å². The van der Waals surface area contributed by atoms with Crippen molar-refractivity contribution in [1.29, 1.82) is 0 Å². The van der Waals surface area contributed by atoms with Gasteiger partial charge < -0.3 is 5.73 Å². The molecular formula is C10H12FNS. The molecule has 0 aromatic heterocycles. The summed E-state index contributed by atoms with van der Waals surface area (Å²) in [6.07, 6.45) is 1.82. The van der Waals surface area contributed by atoms with Crippen LogP contribution in [0.3, 0.4) is 0 Å². The molecule has 0 saturated carbocycles. The number of nitrogen functional groups attached to an aromatic ring is 1. The number of hydrogen-bond donors (Lipinski definition) is 1. The minimum absolute atomic E-state index is 0.190. The number of nitrogens with two attached hydrogens (primary N) is 1. The minimum atomic E-state index is -0.360. The standard InChI is InChI=1S/C10H12FNS/c1-3-7(2)13-8-4-5-10(12)9(11)6-8/h3-7H,1,12H2,2H3. The van der Waals surface area contributed by atoms with Gasteiger partial charge in [-0.1, -0.05) is 6.08 Å². The van der Waals surface area contributed by atoms with E-state index in [1.165, 1.54) is 6.07 Å². The molecule has 2 N–H and O–H groups in total. The molecule has 1 aromatic rings. The van der Waals surface area contributed by atoms with Crippen LogP contribution >= 0.6 is 11.8 Å². The van der Waals surface area contributed by atoms with Gasteiger partial charge >= 0.3 is 0 Å². The van der Waals surface area contributed by atoms with Gasteiger partial charge in [0.1, 0.15) is 5.82 Å². The molecule has 1 aromatic carbocycles. The predicted molar refractivity (Wildman–Crippen MR) is 56.3 cm³/mol. The highest BCUT2D eigenvalue weighted by atomic mass is 32.2. The molecule has 1 rings (SSSR count). The zero-order chi connectivity index (χ0) is 9.84. The fourth-order valence-corrected chi connectivity index (χ4v) is 1.69. The lowest BCUT2D eigenvalue weighted by molar-refractivity contribution is 0.629. The van der Waals surface area contributed by atoms with E-state index in [9.17, 15) is 4.39 Å². The third kappa shape index (κ3) is 2.77. The Morgan fingerprint density at radius 1 is 1.62 bits per heavy atom. The normalized spacial score (nSPS) is 12.5. The van der Waals surface area contributed by atoms with Crippen molar-refractivity contribution in [2.45, 2.75) is 17.1 Å². The van der Waals surface area contributed by atoms with Gasteiger partial charge in [0.2, 0.25) is 0 Å². The summed E-state index contributed by atoms with van der Waals surface area (Å²) in [5.74, 6) is -0.360. The highest BCUT2D eigenvalue weighted by molar-refractivity contribution is 8.00. The number of hydrogen-bond acceptors (Lipinski definition) is 2. The maximum atomic E-state index is 13.0. The first-order valence-corrected chi connectivity index (χ1v) is 4.85. The Balaban J connectivity index is 2.79. The fourth-order valence-electron chi connectivity index (χ4n) is 0.844. The highest BCUT2D eigenvalue weighted by Crippen LogP contribution is 2.25. The average Bonchev–Trinajstić information content (AvgIpc) is 2.11. The van der Waals surface area contributed by atoms with Crippen LogP contribution in [0.25, 0.3) is 0 Å². The number of thioether (sulfide) groups is 1. The van der Waals surface area contributed by atoms with E-state index >= 15 is 0 Å². The van der Waals surface area contributed by atoms with Crippen LogP contribution in [0, 0.1) is 5.82 Å². The van der Waals surface area contributed by atoms with E-state index in [1.54, 1.807) is 17.8 Å². The third-order valence-corrected chi connectivity index (χ3v) is 2.72. The van der Waals surface area contributed by atoms with Crippen LogP contribution < -0.4 is 5.73 Å². The van der Waals surface area contributed by atoms with Crippen molar-refractivity contribution in [2.24, 2.45) is 0 Å². The minimum Gasteiger partial charge on any atom is -0.396 e. The molecule has 3 heteroatoms. The summed E-state index contributed by atoms with van der Waals surface area (Å²) in [7, 11) is 0. The van der Waals surface area contributed by atoms with Crippen LogP contribution in [0.5, 0.6) is 0 Å². The number of benzene rings is 1. The molecule has 0 aliphatic carbocycles. The topological polar surface area (TPSA) is 26.0 Å². The first kappa shape index (κ1) is 10.1. The van der Waals surface area contributed by atoms with E-state index in [4.69, 9.17) is 5.73 Å². The largest absolute Gasteiger partial charge is 0.396 e. The smallest absolute Gasteiger partial charge is 0.147 e. The molecule has 1 nitrogen and oxygen atoms in total. The predicted octanol–water partition coefficient (Wildman–Crippen LogP) is 3.07. The Morgan fingerprint density at radius 3 is 2.85 bits per heavy atom. The second-order valence-electron chi connectivity index (χ2n) is 2.74. The van der Waals surface area contributed by atoms with Crippen LogP contribution in [-0.4, -0.2) is 5.25 Å². The van der Waals surface area contributed by atoms with Gasteiger partial charge in [-0.3, -0.25) is 0 Å². The van der Waals surface area contributed by atoms with Gasteiger partial charge in [-0.25, -0.2) is 4.39 Å². The van der Waals surface area contributed by atoms with Crippen molar-refractivity contribution >= 4 is 17.4 Å². The second-order valence-corrected chi connectivity index (χ2v) is 4.19. The fraction of sp³-hybridized carbons (Fsp3) is 0.200. The third-order valence-electron chi connectivity index (χ3n) is 1.63. The molecule has 0 saturated heterocycles. The van der Waals surface area contributed by atoms with Crippen molar-refractivity contribution < 1.29 is 4.39 Å². The summed E-state index contributed by atoms with van der Waals surface area (Å²) < 4.78 is 13.0. The molecule has 0 fully saturated rings. The van der Waals surface area contributed by atoms with Crippen LogP contribution in [0.15, 0.2) is 35.7 Å². The summed E-state index contributed by atoms with van der Waals surface area (Å²) in [6, 6.07) is 4.83. The quantitative estimate of drug-likeness (QED) is 0.458. The Bertz CT molecular complexity index is 312. The Kier molecular flexibility index (Phi) is 3.37. The van der Waals surface area contributed by atoms with Crippen LogP contribution in [0.4, 0.5) is 10.1 Å². The maximum absolute atomic E-state index is 13.0. The lowest BCUT2D eigenvalue weighted by Gasteiger charge is -2.06. The van der Waals surface area contributed by atoms with Crippen LogP contribution in [0.1, 0.15) is 6.92 Å². The number of anilines is 1. The van der Waals surface area contributed by atoms with E-state index in [0.29, 0.717) is 0 Å². The van der Waals surface area contributed by atoms with E-state index < -0.39 is 0 Å². The monoisotopic (exact) mass is 197 g/mol. The van der Waals surface area contributed by atoms with Gasteiger partial charge in [-0.15, -0.1) is 18.3 Å². The van der Waals surface area contributed by atoms with Gasteiger partial charge in [0.25, 0.3) is 0 Å². The van der Waals surface area contributed by atoms with Gasteiger partial charge in [-0.05, 0) is 25.1 Å².